The summed E-state index contributed by atoms with van der Waals surface area (Å²) in [5.74, 6) is -0.467. The van der Waals surface area contributed by atoms with Gasteiger partial charge in [-0.05, 0) is 30.8 Å². The number of carbonyl (C=O) groups is 2. The van der Waals surface area contributed by atoms with E-state index in [2.05, 4.69) is 17.2 Å². The van der Waals surface area contributed by atoms with Crippen molar-refractivity contribution < 1.29 is 14.0 Å². The Hall–Kier alpha value is -2.35. The first-order chi connectivity index (χ1) is 10.6. The molecule has 0 aromatic carbocycles. The predicted octanol–water partition coefficient (Wildman–Crippen LogP) is 0.519. The second-order valence-electron chi connectivity index (χ2n) is 4.63. The average Bonchev–Trinajstić information content (AvgIpc) is 3.20. The van der Waals surface area contributed by atoms with Gasteiger partial charge in [0.15, 0.2) is 10.9 Å². The average molecular weight is 322 g/mol. The number of furan rings is 1. The van der Waals surface area contributed by atoms with Crippen LogP contribution in [0.25, 0.3) is 0 Å². The van der Waals surface area contributed by atoms with Gasteiger partial charge in [-0.3, -0.25) is 19.6 Å². The van der Waals surface area contributed by atoms with Crippen molar-refractivity contribution in [2.24, 2.45) is 0 Å². The molecule has 7 nitrogen and oxygen atoms in total. The van der Waals surface area contributed by atoms with Crippen LogP contribution in [0, 0.1) is 0 Å². The van der Waals surface area contributed by atoms with Crippen LogP contribution in [0.15, 0.2) is 35.5 Å². The number of nitrogens with one attached hydrogen (secondary N) is 2. The van der Waals surface area contributed by atoms with Crippen molar-refractivity contribution in [1.82, 2.24) is 20.7 Å². The van der Waals surface area contributed by atoms with Crippen LogP contribution in [0.3, 0.4) is 0 Å². The maximum atomic E-state index is 12.2. The van der Waals surface area contributed by atoms with Gasteiger partial charge in [0.05, 0.1) is 12.8 Å². The fourth-order valence-corrected chi connectivity index (χ4v) is 2.35. The fourth-order valence-electron chi connectivity index (χ4n) is 2.07. The quantitative estimate of drug-likeness (QED) is 0.608. The molecule has 1 aliphatic heterocycles. The Labute approximate surface area is 133 Å². The number of nitrogens with zero attached hydrogens (tertiary/aromatic N) is 2. The molecule has 2 amide bonds. The van der Waals surface area contributed by atoms with E-state index in [1.54, 1.807) is 22.2 Å². The summed E-state index contributed by atoms with van der Waals surface area (Å²) in [6, 6.07) is 3.15. The molecule has 0 saturated carbocycles. The van der Waals surface area contributed by atoms with E-state index in [-0.39, 0.29) is 18.2 Å². The minimum absolute atomic E-state index is 0.111. The lowest BCUT2D eigenvalue weighted by Gasteiger charge is -2.30. The SMILES string of the molecule is C=CCNC(=S)N1CCCN1C(=O)CNC(=O)c1ccco1. The highest BCUT2D eigenvalue weighted by Gasteiger charge is 2.28. The largest absolute Gasteiger partial charge is 0.459 e. The highest BCUT2D eigenvalue weighted by atomic mass is 32.1. The lowest BCUT2D eigenvalue weighted by atomic mass is 10.4. The summed E-state index contributed by atoms with van der Waals surface area (Å²) in [4.78, 5) is 24.0. The Bertz CT molecular complexity index is 558. The van der Waals surface area contributed by atoms with Crippen molar-refractivity contribution in [3.05, 3.63) is 36.8 Å². The standard InChI is InChI=1S/C14H18N4O3S/c1-2-6-15-14(22)18-8-4-7-17(18)12(19)10-16-13(20)11-5-3-9-21-11/h2-3,5,9H,1,4,6-8,10H2,(H,15,22)(H,16,20). The highest BCUT2D eigenvalue weighted by Crippen LogP contribution is 2.11. The molecule has 0 atom stereocenters. The molecule has 22 heavy (non-hydrogen) atoms. The zero-order valence-electron chi connectivity index (χ0n) is 12.1. The molecule has 1 aromatic heterocycles. The van der Waals surface area contributed by atoms with Crippen LogP contribution < -0.4 is 10.6 Å². The molecule has 1 aliphatic rings. The number of amides is 2. The number of carbonyl (C=O) groups excluding carboxylic acids is 2. The maximum absolute atomic E-state index is 12.2. The molecule has 0 unspecified atom stereocenters. The van der Waals surface area contributed by atoms with E-state index in [1.165, 1.54) is 12.3 Å². The summed E-state index contributed by atoms with van der Waals surface area (Å²) in [6.45, 7) is 5.27. The van der Waals surface area contributed by atoms with Gasteiger partial charge in [-0.1, -0.05) is 6.08 Å². The summed E-state index contributed by atoms with van der Waals surface area (Å²) >= 11 is 5.25. The summed E-state index contributed by atoms with van der Waals surface area (Å²) in [5.41, 5.74) is 0. The van der Waals surface area contributed by atoms with Crippen LogP contribution in [0.4, 0.5) is 0 Å². The molecule has 0 spiro atoms. The molecule has 8 heteroatoms. The molecular formula is C14H18N4O3S. The topological polar surface area (TPSA) is 77.8 Å². The molecule has 0 bridgehead atoms. The normalized spacial score (nSPS) is 13.8. The van der Waals surface area contributed by atoms with Gasteiger partial charge in [-0.15, -0.1) is 6.58 Å². The fraction of sp³-hybridized carbons (Fsp3) is 0.357. The molecule has 0 radical (unpaired) electrons. The zero-order chi connectivity index (χ0) is 15.9. The summed E-state index contributed by atoms with van der Waals surface area (Å²) in [5, 5.41) is 9.25. The molecule has 2 rings (SSSR count). The van der Waals surface area contributed by atoms with Gasteiger partial charge in [0.2, 0.25) is 0 Å². The molecule has 0 aliphatic carbocycles. The van der Waals surface area contributed by atoms with E-state index in [9.17, 15) is 9.59 Å². The van der Waals surface area contributed by atoms with Gasteiger partial charge in [0.25, 0.3) is 11.8 Å². The van der Waals surface area contributed by atoms with Crippen LogP contribution in [0.1, 0.15) is 17.0 Å². The minimum Gasteiger partial charge on any atom is -0.459 e. The van der Waals surface area contributed by atoms with Crippen molar-refractivity contribution in [3.8, 4) is 0 Å². The molecule has 1 aromatic rings. The Kier molecular flexibility index (Phi) is 5.54. The summed E-state index contributed by atoms with van der Waals surface area (Å²) in [6.07, 6.45) is 3.93. The van der Waals surface area contributed by atoms with Crippen LogP contribution in [0.5, 0.6) is 0 Å². The Morgan fingerprint density at radius 3 is 2.82 bits per heavy atom. The monoisotopic (exact) mass is 322 g/mol. The van der Waals surface area contributed by atoms with E-state index >= 15 is 0 Å². The van der Waals surface area contributed by atoms with Gasteiger partial charge < -0.3 is 15.1 Å². The molecule has 2 N–H and O–H groups in total. The first-order valence-corrected chi connectivity index (χ1v) is 7.32. The molecular weight excluding hydrogens is 304 g/mol. The third-order valence-corrected chi connectivity index (χ3v) is 3.45. The van der Waals surface area contributed by atoms with Crippen molar-refractivity contribution >= 4 is 29.1 Å². The van der Waals surface area contributed by atoms with Crippen molar-refractivity contribution in [3.63, 3.8) is 0 Å². The zero-order valence-corrected chi connectivity index (χ0v) is 12.9. The lowest BCUT2D eigenvalue weighted by Crippen LogP contribution is -2.51. The number of hydrogen-bond acceptors (Lipinski definition) is 4. The third kappa shape index (κ3) is 3.85. The van der Waals surface area contributed by atoms with E-state index in [0.717, 1.165) is 6.42 Å². The number of hydrogen-bond donors (Lipinski definition) is 2. The number of hydrazine groups is 1. The van der Waals surface area contributed by atoms with Crippen LogP contribution >= 0.6 is 12.2 Å². The lowest BCUT2D eigenvalue weighted by molar-refractivity contribution is -0.137. The van der Waals surface area contributed by atoms with E-state index in [4.69, 9.17) is 16.6 Å². The second-order valence-corrected chi connectivity index (χ2v) is 5.01. The first-order valence-electron chi connectivity index (χ1n) is 6.91. The van der Waals surface area contributed by atoms with Crippen molar-refractivity contribution in [2.75, 3.05) is 26.2 Å². The second kappa shape index (κ2) is 7.60. The Balaban J connectivity index is 1.86. The van der Waals surface area contributed by atoms with Gasteiger partial charge >= 0.3 is 0 Å². The van der Waals surface area contributed by atoms with Gasteiger partial charge in [-0.2, -0.15) is 0 Å². The van der Waals surface area contributed by atoms with Crippen LogP contribution in [0.2, 0.25) is 0 Å². The Morgan fingerprint density at radius 2 is 2.14 bits per heavy atom. The summed E-state index contributed by atoms with van der Waals surface area (Å²) < 4.78 is 4.97. The molecule has 1 fully saturated rings. The molecule has 1 saturated heterocycles. The van der Waals surface area contributed by atoms with Crippen molar-refractivity contribution in [1.29, 1.82) is 0 Å². The van der Waals surface area contributed by atoms with E-state index in [1.807, 2.05) is 0 Å². The molecule has 118 valence electrons. The maximum Gasteiger partial charge on any atom is 0.287 e. The van der Waals surface area contributed by atoms with Crippen LogP contribution in [-0.2, 0) is 4.79 Å². The Morgan fingerprint density at radius 1 is 1.36 bits per heavy atom. The van der Waals surface area contributed by atoms with Crippen LogP contribution in [-0.4, -0.2) is 53.1 Å². The minimum atomic E-state index is -0.420. The van der Waals surface area contributed by atoms with Gasteiger partial charge in [0.1, 0.15) is 0 Å². The van der Waals surface area contributed by atoms with E-state index < -0.39 is 5.91 Å². The third-order valence-electron chi connectivity index (χ3n) is 3.10. The number of rotatable bonds is 5. The number of thiocarbonyl (C=S) groups is 1. The van der Waals surface area contributed by atoms with Crippen molar-refractivity contribution in [2.45, 2.75) is 6.42 Å². The predicted molar refractivity (Wildman–Crippen MR) is 84.9 cm³/mol. The first kappa shape index (κ1) is 16.0. The van der Waals surface area contributed by atoms with Gasteiger partial charge in [0, 0.05) is 19.6 Å². The smallest absolute Gasteiger partial charge is 0.287 e. The highest BCUT2D eigenvalue weighted by molar-refractivity contribution is 7.80. The summed E-state index contributed by atoms with van der Waals surface area (Å²) in [7, 11) is 0. The van der Waals surface area contributed by atoms with E-state index in [0.29, 0.717) is 24.7 Å². The molecule has 2 heterocycles. The van der Waals surface area contributed by atoms with Gasteiger partial charge in [-0.25, -0.2) is 0 Å².